The van der Waals surface area contributed by atoms with Gasteiger partial charge in [-0.05, 0) is 57.8 Å². The van der Waals surface area contributed by atoms with Gasteiger partial charge in [0, 0.05) is 42.0 Å². The zero-order valence-electron chi connectivity index (χ0n) is 22.3. The summed E-state index contributed by atoms with van der Waals surface area (Å²) in [5.74, 6) is 0.214. The Morgan fingerprint density at radius 2 is 1.92 bits per heavy atom. The van der Waals surface area contributed by atoms with Crippen molar-refractivity contribution < 1.29 is 9.59 Å². The van der Waals surface area contributed by atoms with Crippen LogP contribution in [0, 0.1) is 0 Å². The van der Waals surface area contributed by atoms with Crippen LogP contribution in [0.15, 0.2) is 59.9 Å². The zero-order valence-corrected chi connectivity index (χ0v) is 23.9. The average molecular weight is 588 g/mol. The molecule has 0 saturated carbocycles. The Hall–Kier alpha value is -3.72. The van der Waals surface area contributed by atoms with E-state index in [1.807, 2.05) is 17.0 Å². The van der Waals surface area contributed by atoms with Crippen LogP contribution >= 0.6 is 15.9 Å². The van der Waals surface area contributed by atoms with Gasteiger partial charge in [-0.1, -0.05) is 39.5 Å². The van der Waals surface area contributed by atoms with Crippen molar-refractivity contribution in [1.29, 1.82) is 0 Å². The Labute approximate surface area is 235 Å². The second-order valence-corrected chi connectivity index (χ2v) is 11.6. The Balaban J connectivity index is 1.47. The maximum absolute atomic E-state index is 14.2. The number of carbonyl (C=O) groups excluding carboxylic acids is 2. The molecule has 1 N–H and O–H groups in total. The summed E-state index contributed by atoms with van der Waals surface area (Å²) in [7, 11) is 0. The monoisotopic (exact) mass is 586 g/mol. The van der Waals surface area contributed by atoms with E-state index in [0.29, 0.717) is 43.1 Å². The molecule has 39 heavy (non-hydrogen) atoms. The lowest BCUT2D eigenvalue weighted by atomic mass is 9.92. The number of nitrogens with zero attached hydrogens (tertiary/aromatic N) is 5. The molecule has 200 valence electrons. The molecular weight excluding hydrogens is 556 g/mol. The second kappa shape index (κ2) is 9.79. The number of benzene rings is 2. The van der Waals surface area contributed by atoms with Gasteiger partial charge in [-0.3, -0.25) is 9.59 Å². The van der Waals surface area contributed by atoms with Gasteiger partial charge >= 0.3 is 0 Å². The van der Waals surface area contributed by atoms with Crippen LogP contribution in [-0.4, -0.2) is 61.0 Å². The summed E-state index contributed by atoms with van der Waals surface area (Å²) in [5, 5.41) is 5.13. The summed E-state index contributed by atoms with van der Waals surface area (Å²) in [6.07, 6.45) is 3.62. The van der Waals surface area contributed by atoms with E-state index in [9.17, 15) is 9.59 Å². The predicted molar refractivity (Wildman–Crippen MR) is 154 cm³/mol. The van der Waals surface area contributed by atoms with Crippen molar-refractivity contribution in [2.45, 2.75) is 45.1 Å². The van der Waals surface area contributed by atoms with Crippen LogP contribution in [0.25, 0.3) is 16.7 Å². The number of nitrogens with one attached hydrogen (secondary N) is 1. The van der Waals surface area contributed by atoms with E-state index in [1.54, 1.807) is 11.2 Å². The molecule has 2 atom stereocenters. The number of hydrogen-bond acceptors (Lipinski definition) is 4. The van der Waals surface area contributed by atoms with Crippen molar-refractivity contribution in [1.82, 2.24) is 29.5 Å². The smallest absolute Gasteiger partial charge is 0.256 e. The molecule has 2 aromatic heterocycles. The summed E-state index contributed by atoms with van der Waals surface area (Å²) >= 11 is 3.55. The molecule has 6 rings (SSSR count). The minimum Gasteiger partial charge on any atom is -0.344 e. The van der Waals surface area contributed by atoms with Gasteiger partial charge in [-0.25, -0.2) is 9.67 Å². The molecule has 0 bridgehead atoms. The topological polar surface area (TPSA) is 87.1 Å². The maximum Gasteiger partial charge on any atom is 0.256 e. The van der Waals surface area contributed by atoms with Gasteiger partial charge < -0.3 is 14.8 Å². The van der Waals surface area contributed by atoms with Crippen molar-refractivity contribution >= 4 is 38.8 Å². The summed E-state index contributed by atoms with van der Waals surface area (Å²) in [4.78, 5) is 38.3. The lowest BCUT2D eigenvalue weighted by Crippen LogP contribution is -2.46. The molecule has 2 unspecified atom stereocenters. The molecule has 9 heteroatoms. The lowest BCUT2D eigenvalue weighted by molar-refractivity contribution is -0.126. The summed E-state index contributed by atoms with van der Waals surface area (Å²) in [6, 6.07) is 11.9. The number of imidazole rings is 1. The number of rotatable bonds is 4. The molecular formula is C30H31BrN6O2. The van der Waals surface area contributed by atoms with Crippen molar-refractivity contribution in [2.75, 3.05) is 19.6 Å². The van der Waals surface area contributed by atoms with Crippen LogP contribution < -0.4 is 0 Å². The molecule has 4 aromatic rings. The highest BCUT2D eigenvalue weighted by Crippen LogP contribution is 2.41. The molecule has 0 fully saturated rings. The molecule has 2 amide bonds. The number of aromatic nitrogens is 4. The first-order valence-corrected chi connectivity index (χ1v) is 14.1. The van der Waals surface area contributed by atoms with Crippen molar-refractivity contribution in [3.63, 3.8) is 0 Å². The first-order chi connectivity index (χ1) is 18.8. The van der Waals surface area contributed by atoms with E-state index in [0.717, 1.165) is 32.6 Å². The molecule has 8 nitrogen and oxygen atoms in total. The molecule has 0 saturated heterocycles. The fourth-order valence-corrected chi connectivity index (χ4v) is 6.41. The Kier molecular flexibility index (Phi) is 6.41. The molecule has 0 radical (unpaired) electrons. The molecule has 0 spiro atoms. The van der Waals surface area contributed by atoms with Crippen LogP contribution in [0.1, 0.15) is 71.5 Å². The highest BCUT2D eigenvalue weighted by atomic mass is 79.9. The van der Waals surface area contributed by atoms with E-state index in [1.165, 1.54) is 11.6 Å². The minimum atomic E-state index is -0.327. The Morgan fingerprint density at radius 1 is 1.15 bits per heavy atom. The summed E-state index contributed by atoms with van der Waals surface area (Å²) in [6.45, 7) is 11.6. The van der Waals surface area contributed by atoms with E-state index in [4.69, 9.17) is 5.10 Å². The standard InChI is InChI=1S/C30H31BrN6O2/c1-5-25(38)35-14-18(4)27-26-23(37(34-27)20-8-6-19(7-9-20)17(2)3)12-13-36(24(26)15-35)30(39)21-10-11-22(31)29-28(21)32-16-33-29/h5-11,16-18,24H,1,12-15H2,2-4H3,(H,32,33). The van der Waals surface area contributed by atoms with Crippen LogP contribution in [0.2, 0.25) is 0 Å². The fourth-order valence-electron chi connectivity index (χ4n) is 5.97. The van der Waals surface area contributed by atoms with Crippen LogP contribution in [-0.2, 0) is 11.2 Å². The van der Waals surface area contributed by atoms with Gasteiger partial charge in [0.1, 0.15) is 5.52 Å². The Bertz CT molecular complexity index is 1600. The van der Waals surface area contributed by atoms with Gasteiger partial charge in [0.15, 0.2) is 0 Å². The second-order valence-electron chi connectivity index (χ2n) is 10.7. The number of amides is 2. The lowest BCUT2D eigenvalue weighted by Gasteiger charge is -2.38. The molecule has 4 heterocycles. The third-order valence-corrected chi connectivity index (χ3v) is 8.68. The van der Waals surface area contributed by atoms with Gasteiger partial charge in [0.05, 0.1) is 40.5 Å². The maximum atomic E-state index is 14.2. The zero-order chi connectivity index (χ0) is 27.4. The van der Waals surface area contributed by atoms with E-state index >= 15 is 0 Å². The quantitative estimate of drug-likeness (QED) is 0.320. The highest BCUT2D eigenvalue weighted by molar-refractivity contribution is 9.10. The Morgan fingerprint density at radius 3 is 2.64 bits per heavy atom. The fraction of sp³-hybridized carbons (Fsp3) is 0.333. The van der Waals surface area contributed by atoms with Gasteiger partial charge in [0.25, 0.3) is 5.91 Å². The number of carbonyl (C=O) groups is 2. The first-order valence-electron chi connectivity index (χ1n) is 13.3. The molecule has 2 aromatic carbocycles. The van der Waals surface area contributed by atoms with Crippen LogP contribution in [0.3, 0.4) is 0 Å². The van der Waals surface area contributed by atoms with Gasteiger partial charge in [0.2, 0.25) is 5.91 Å². The molecule has 2 aliphatic heterocycles. The van der Waals surface area contributed by atoms with E-state index in [-0.39, 0.29) is 23.8 Å². The van der Waals surface area contributed by atoms with Crippen LogP contribution in [0.5, 0.6) is 0 Å². The van der Waals surface area contributed by atoms with Crippen molar-refractivity contribution in [3.8, 4) is 5.69 Å². The molecule has 2 aliphatic rings. The summed E-state index contributed by atoms with van der Waals surface area (Å²) in [5.41, 5.74) is 7.36. The van der Waals surface area contributed by atoms with E-state index < -0.39 is 0 Å². The first kappa shape index (κ1) is 25.6. The van der Waals surface area contributed by atoms with Crippen LogP contribution in [0.4, 0.5) is 0 Å². The predicted octanol–water partition coefficient (Wildman–Crippen LogP) is 5.51. The SMILES string of the molecule is C=CC(=O)N1CC(C)c2nn(-c3ccc(C(C)C)cc3)c3c2C(C1)N(C(=O)c1ccc(Br)c2[nH]cnc12)CC3. The highest BCUT2D eigenvalue weighted by Gasteiger charge is 2.42. The molecule has 0 aliphatic carbocycles. The minimum absolute atomic E-state index is 0.00428. The van der Waals surface area contributed by atoms with Crippen molar-refractivity contribution in [3.05, 3.63) is 87.9 Å². The van der Waals surface area contributed by atoms with Gasteiger partial charge in [-0.2, -0.15) is 5.10 Å². The number of hydrogen-bond donors (Lipinski definition) is 1. The number of halogens is 1. The van der Waals surface area contributed by atoms with Crippen molar-refractivity contribution in [2.24, 2.45) is 0 Å². The summed E-state index contributed by atoms with van der Waals surface area (Å²) < 4.78 is 2.90. The number of fused-ring (bicyclic) bond motifs is 1. The van der Waals surface area contributed by atoms with E-state index in [2.05, 4.69) is 82.2 Å². The number of aromatic amines is 1. The largest absolute Gasteiger partial charge is 0.344 e. The van der Waals surface area contributed by atoms with Gasteiger partial charge in [-0.15, -0.1) is 0 Å². The third kappa shape index (κ3) is 4.19. The third-order valence-electron chi connectivity index (χ3n) is 8.02. The average Bonchev–Trinajstić information content (AvgIpc) is 3.55. The normalized spacial score (nSPS) is 18.8. The number of H-pyrrole nitrogens is 1.